The lowest BCUT2D eigenvalue weighted by atomic mass is 9.68. The van der Waals surface area contributed by atoms with Gasteiger partial charge in [-0.15, -0.1) is 0 Å². The Balaban J connectivity index is 1.83. The number of methoxy groups -OCH3 is 1. The van der Waals surface area contributed by atoms with E-state index in [9.17, 15) is 4.79 Å². The third-order valence-electron chi connectivity index (χ3n) is 4.79. The molecule has 2 rings (SSSR count). The largest absolute Gasteiger partial charge is 0.469 e. The van der Waals surface area contributed by atoms with E-state index in [1.807, 2.05) is 0 Å². The highest BCUT2D eigenvalue weighted by Gasteiger charge is 2.46. The van der Waals surface area contributed by atoms with Gasteiger partial charge < -0.3 is 14.5 Å². The molecule has 4 heteroatoms. The molecule has 0 N–H and O–H groups in total. The number of rotatable bonds is 5. The molecule has 0 amide bonds. The predicted molar refractivity (Wildman–Crippen MR) is 76.0 cm³/mol. The molecule has 19 heavy (non-hydrogen) atoms. The van der Waals surface area contributed by atoms with Gasteiger partial charge in [-0.2, -0.15) is 0 Å². The summed E-state index contributed by atoms with van der Waals surface area (Å²) in [6.07, 6.45) is 5.77. The van der Waals surface area contributed by atoms with Crippen LogP contribution in [0.4, 0.5) is 0 Å². The fourth-order valence-corrected chi connectivity index (χ4v) is 3.69. The monoisotopic (exact) mass is 268 g/mol. The van der Waals surface area contributed by atoms with Crippen molar-refractivity contribution in [2.24, 2.45) is 11.3 Å². The summed E-state index contributed by atoms with van der Waals surface area (Å²) < 4.78 is 4.99. The Kier molecular flexibility index (Phi) is 4.85. The normalized spacial score (nSPS) is 27.1. The van der Waals surface area contributed by atoms with Crippen LogP contribution in [0.1, 0.15) is 32.1 Å². The van der Waals surface area contributed by atoms with Crippen molar-refractivity contribution in [2.75, 3.05) is 47.4 Å². The summed E-state index contributed by atoms with van der Waals surface area (Å²) in [6, 6.07) is 0. The van der Waals surface area contributed by atoms with E-state index in [-0.39, 0.29) is 11.4 Å². The molecule has 0 spiro atoms. The lowest BCUT2D eigenvalue weighted by molar-refractivity contribution is -0.160. The van der Waals surface area contributed by atoms with Crippen LogP contribution < -0.4 is 0 Å². The molecule has 1 aliphatic carbocycles. The third kappa shape index (κ3) is 3.48. The molecular formula is C15H28N2O2. The lowest BCUT2D eigenvalue weighted by Gasteiger charge is -2.42. The number of esters is 1. The summed E-state index contributed by atoms with van der Waals surface area (Å²) in [7, 11) is 5.87. The minimum Gasteiger partial charge on any atom is -0.469 e. The van der Waals surface area contributed by atoms with Gasteiger partial charge in [0, 0.05) is 19.6 Å². The Morgan fingerprint density at radius 1 is 1.42 bits per heavy atom. The summed E-state index contributed by atoms with van der Waals surface area (Å²) >= 11 is 0. The second-order valence-corrected chi connectivity index (χ2v) is 6.59. The van der Waals surface area contributed by atoms with E-state index in [2.05, 4.69) is 23.9 Å². The zero-order chi connectivity index (χ0) is 13.9. The van der Waals surface area contributed by atoms with E-state index in [4.69, 9.17) is 4.74 Å². The van der Waals surface area contributed by atoms with Crippen molar-refractivity contribution in [3.63, 3.8) is 0 Å². The van der Waals surface area contributed by atoms with Crippen LogP contribution >= 0.6 is 0 Å². The maximum atomic E-state index is 11.9. The van der Waals surface area contributed by atoms with Crippen LogP contribution in [0.2, 0.25) is 0 Å². The maximum Gasteiger partial charge on any atom is 0.313 e. The molecule has 0 aromatic heterocycles. The van der Waals surface area contributed by atoms with E-state index in [0.717, 1.165) is 38.3 Å². The number of carbonyl (C=O) groups excluding carboxylic acids is 1. The minimum absolute atomic E-state index is 0.00800. The highest BCUT2D eigenvalue weighted by Crippen LogP contribution is 2.42. The number of hydrogen-bond donors (Lipinski definition) is 0. The van der Waals surface area contributed by atoms with Gasteiger partial charge in [0.2, 0.25) is 0 Å². The summed E-state index contributed by atoms with van der Waals surface area (Å²) in [4.78, 5) is 16.7. The molecule has 0 aromatic carbocycles. The second-order valence-electron chi connectivity index (χ2n) is 6.59. The molecule has 1 atom stereocenters. The molecular weight excluding hydrogens is 240 g/mol. The molecule has 1 aliphatic heterocycles. The Morgan fingerprint density at radius 2 is 2.16 bits per heavy atom. The number of carbonyl (C=O) groups is 1. The molecule has 1 heterocycles. The van der Waals surface area contributed by atoms with Crippen molar-refractivity contribution in [1.82, 2.24) is 9.80 Å². The molecule has 0 aromatic rings. The van der Waals surface area contributed by atoms with Gasteiger partial charge in [-0.05, 0) is 52.2 Å². The topological polar surface area (TPSA) is 32.8 Å². The van der Waals surface area contributed by atoms with Gasteiger partial charge in [0.05, 0.1) is 12.5 Å². The number of likely N-dealkylation sites (tertiary alicyclic amines) is 1. The van der Waals surface area contributed by atoms with Crippen LogP contribution in [-0.4, -0.2) is 63.2 Å². The smallest absolute Gasteiger partial charge is 0.313 e. The fourth-order valence-electron chi connectivity index (χ4n) is 3.69. The van der Waals surface area contributed by atoms with E-state index < -0.39 is 0 Å². The number of piperidine rings is 1. The third-order valence-corrected chi connectivity index (χ3v) is 4.79. The summed E-state index contributed by atoms with van der Waals surface area (Å²) in [5.41, 5.74) is -0.204. The molecule has 0 radical (unpaired) electrons. The van der Waals surface area contributed by atoms with Crippen LogP contribution in [0, 0.1) is 11.3 Å². The summed E-state index contributed by atoms with van der Waals surface area (Å²) in [5, 5.41) is 0. The SMILES string of the molecule is COC(=O)C1(CN(C)CC2CCCN(C)C2)CCC1. The zero-order valence-electron chi connectivity index (χ0n) is 12.7. The Labute approximate surface area is 117 Å². The molecule has 1 saturated heterocycles. The average molecular weight is 268 g/mol. The van der Waals surface area contributed by atoms with Crippen molar-refractivity contribution >= 4 is 5.97 Å². The van der Waals surface area contributed by atoms with Crippen LogP contribution in [0.15, 0.2) is 0 Å². The van der Waals surface area contributed by atoms with Gasteiger partial charge >= 0.3 is 5.97 Å². The maximum absolute atomic E-state index is 11.9. The molecule has 110 valence electrons. The number of nitrogens with zero attached hydrogens (tertiary/aromatic N) is 2. The van der Waals surface area contributed by atoms with Crippen LogP contribution in [0.25, 0.3) is 0 Å². The molecule has 4 nitrogen and oxygen atoms in total. The van der Waals surface area contributed by atoms with Crippen molar-refractivity contribution in [3.8, 4) is 0 Å². The molecule has 2 fully saturated rings. The molecule has 2 aliphatic rings. The molecule has 0 bridgehead atoms. The van der Waals surface area contributed by atoms with Gasteiger partial charge in [0.25, 0.3) is 0 Å². The van der Waals surface area contributed by atoms with E-state index in [1.54, 1.807) is 0 Å². The van der Waals surface area contributed by atoms with Crippen molar-refractivity contribution in [2.45, 2.75) is 32.1 Å². The first-order valence-electron chi connectivity index (χ1n) is 7.51. The Hall–Kier alpha value is -0.610. The fraction of sp³-hybridized carbons (Fsp3) is 0.933. The van der Waals surface area contributed by atoms with Gasteiger partial charge in [0.1, 0.15) is 0 Å². The first-order chi connectivity index (χ1) is 9.05. The average Bonchev–Trinajstić information content (AvgIpc) is 2.33. The Morgan fingerprint density at radius 3 is 2.68 bits per heavy atom. The minimum atomic E-state index is -0.204. The second kappa shape index (κ2) is 6.23. The quantitative estimate of drug-likeness (QED) is 0.709. The first kappa shape index (κ1) is 14.8. The van der Waals surface area contributed by atoms with E-state index >= 15 is 0 Å². The highest BCUT2D eigenvalue weighted by atomic mass is 16.5. The number of ether oxygens (including phenoxy) is 1. The van der Waals surface area contributed by atoms with Gasteiger partial charge in [-0.3, -0.25) is 4.79 Å². The predicted octanol–water partition coefficient (Wildman–Crippen LogP) is 1.60. The standard InChI is InChI=1S/C15H28N2O2/c1-16-9-4-6-13(10-16)11-17(2)12-15(7-5-8-15)14(18)19-3/h13H,4-12H2,1-3H3. The van der Waals surface area contributed by atoms with Crippen LogP contribution in [-0.2, 0) is 9.53 Å². The van der Waals surface area contributed by atoms with Gasteiger partial charge in [-0.1, -0.05) is 6.42 Å². The molecule has 1 unspecified atom stereocenters. The van der Waals surface area contributed by atoms with Crippen LogP contribution in [0.5, 0.6) is 0 Å². The molecule has 1 saturated carbocycles. The van der Waals surface area contributed by atoms with Crippen molar-refractivity contribution < 1.29 is 9.53 Å². The van der Waals surface area contributed by atoms with Crippen molar-refractivity contribution in [3.05, 3.63) is 0 Å². The number of hydrogen-bond acceptors (Lipinski definition) is 4. The lowest BCUT2D eigenvalue weighted by Crippen LogP contribution is -2.49. The van der Waals surface area contributed by atoms with Gasteiger partial charge in [0.15, 0.2) is 0 Å². The Bertz CT molecular complexity index is 315. The van der Waals surface area contributed by atoms with E-state index in [1.165, 1.54) is 33.0 Å². The van der Waals surface area contributed by atoms with E-state index in [0.29, 0.717) is 0 Å². The summed E-state index contributed by atoms with van der Waals surface area (Å²) in [6.45, 7) is 4.38. The first-order valence-corrected chi connectivity index (χ1v) is 7.51. The zero-order valence-corrected chi connectivity index (χ0v) is 12.7. The van der Waals surface area contributed by atoms with Gasteiger partial charge in [-0.25, -0.2) is 0 Å². The highest BCUT2D eigenvalue weighted by molar-refractivity contribution is 5.78. The van der Waals surface area contributed by atoms with Crippen molar-refractivity contribution in [1.29, 1.82) is 0 Å². The summed E-state index contributed by atoms with van der Waals surface area (Å²) in [5.74, 6) is 0.741. The van der Waals surface area contributed by atoms with Crippen LogP contribution in [0.3, 0.4) is 0 Å².